The Kier molecular flexibility index (Phi) is 5.73. The summed E-state index contributed by atoms with van der Waals surface area (Å²) in [6, 6.07) is 13.2. The molecule has 4 rings (SSSR count). The number of nitrogens with one attached hydrogen (secondary N) is 1. The molecule has 0 atom stereocenters. The average molecular weight is 460 g/mol. The van der Waals surface area contributed by atoms with Gasteiger partial charge in [-0.05, 0) is 85.8 Å². The maximum absolute atomic E-state index is 13.1. The molecule has 30 heavy (non-hydrogen) atoms. The number of rotatable bonds is 3. The van der Waals surface area contributed by atoms with Gasteiger partial charge in [-0.3, -0.25) is 4.79 Å². The maximum Gasteiger partial charge on any atom is 0.264 e. The molecule has 152 valence electrons. The fourth-order valence-electron chi connectivity index (χ4n) is 3.21. The minimum Gasteiger partial charge on any atom is -0.318 e. The van der Waals surface area contributed by atoms with Crippen LogP contribution in [0.4, 0.5) is 10.1 Å². The maximum atomic E-state index is 13.1. The Morgan fingerprint density at radius 2 is 1.80 bits per heavy atom. The van der Waals surface area contributed by atoms with Crippen molar-refractivity contribution in [3.63, 3.8) is 0 Å². The highest BCUT2D eigenvalue weighted by atomic mass is 35.5. The van der Waals surface area contributed by atoms with E-state index in [2.05, 4.69) is 14.9 Å². The summed E-state index contributed by atoms with van der Waals surface area (Å²) in [7, 11) is 0. The number of benzene rings is 2. The number of thioether (sulfide) groups is 1. The molecule has 1 saturated heterocycles. The van der Waals surface area contributed by atoms with Gasteiger partial charge >= 0.3 is 0 Å². The molecule has 1 aromatic heterocycles. The number of aryl methyl sites for hydroxylation is 1. The molecule has 1 aliphatic heterocycles. The lowest BCUT2D eigenvalue weighted by atomic mass is 10.2. The first-order chi connectivity index (χ1) is 14.3. The Morgan fingerprint density at radius 3 is 2.50 bits per heavy atom. The van der Waals surface area contributed by atoms with Crippen LogP contribution >= 0.6 is 35.0 Å². The fourth-order valence-corrected chi connectivity index (χ4v) is 4.33. The van der Waals surface area contributed by atoms with Crippen molar-refractivity contribution in [3.8, 4) is 5.69 Å². The van der Waals surface area contributed by atoms with E-state index in [4.69, 9.17) is 23.2 Å². The molecule has 8 heteroatoms. The van der Waals surface area contributed by atoms with E-state index in [0.29, 0.717) is 25.8 Å². The van der Waals surface area contributed by atoms with Gasteiger partial charge in [0.25, 0.3) is 5.91 Å². The van der Waals surface area contributed by atoms with Crippen molar-refractivity contribution in [2.45, 2.75) is 13.8 Å². The Hall–Kier alpha value is -2.54. The molecule has 0 aliphatic carbocycles. The zero-order valence-electron chi connectivity index (χ0n) is 16.0. The molecule has 1 aliphatic rings. The van der Waals surface area contributed by atoms with Crippen LogP contribution < -0.4 is 5.32 Å². The molecule has 1 fully saturated rings. The Morgan fingerprint density at radius 1 is 1.07 bits per heavy atom. The first kappa shape index (κ1) is 20.7. The summed E-state index contributed by atoms with van der Waals surface area (Å²) in [6.45, 7) is 3.97. The van der Waals surface area contributed by atoms with Gasteiger partial charge in [-0.15, -0.1) is 0 Å². The quantitative estimate of drug-likeness (QED) is 0.458. The number of carbonyl (C=O) groups excluding carboxylic acids is 1. The fraction of sp³-hybridized carbons (Fsp3) is 0.0909. The summed E-state index contributed by atoms with van der Waals surface area (Å²) in [6.07, 6.45) is 1.84. The van der Waals surface area contributed by atoms with E-state index in [0.717, 1.165) is 22.6 Å². The van der Waals surface area contributed by atoms with E-state index in [1.54, 1.807) is 18.2 Å². The topological polar surface area (TPSA) is 46.4 Å². The highest BCUT2D eigenvalue weighted by Gasteiger charge is 2.24. The van der Waals surface area contributed by atoms with Gasteiger partial charge < -0.3 is 9.88 Å². The number of carbonyl (C=O) groups is 1. The van der Waals surface area contributed by atoms with Crippen molar-refractivity contribution in [2.75, 3.05) is 0 Å². The van der Waals surface area contributed by atoms with Crippen LogP contribution in [0, 0.1) is 19.7 Å². The number of amides is 1. The largest absolute Gasteiger partial charge is 0.318 e. The van der Waals surface area contributed by atoms with Crippen molar-refractivity contribution in [1.82, 2.24) is 9.88 Å². The predicted octanol–water partition coefficient (Wildman–Crippen LogP) is 6.43. The molecule has 0 unspecified atom stereocenters. The van der Waals surface area contributed by atoms with Crippen LogP contribution in [0.1, 0.15) is 17.0 Å². The third kappa shape index (κ3) is 4.17. The van der Waals surface area contributed by atoms with E-state index in [1.807, 2.05) is 38.1 Å². The monoisotopic (exact) mass is 459 g/mol. The lowest BCUT2D eigenvalue weighted by Gasteiger charge is -2.10. The number of hydrogen-bond donors (Lipinski definition) is 1. The van der Waals surface area contributed by atoms with Crippen LogP contribution in [-0.2, 0) is 4.79 Å². The molecule has 4 nitrogen and oxygen atoms in total. The van der Waals surface area contributed by atoms with E-state index in [1.165, 1.54) is 23.9 Å². The highest BCUT2D eigenvalue weighted by molar-refractivity contribution is 8.18. The average Bonchev–Trinajstić information content (AvgIpc) is 3.18. The molecule has 0 saturated carbocycles. The molecular weight excluding hydrogens is 444 g/mol. The molecule has 2 heterocycles. The number of amidine groups is 1. The lowest BCUT2D eigenvalue weighted by molar-refractivity contribution is -0.115. The summed E-state index contributed by atoms with van der Waals surface area (Å²) in [5.74, 6) is -0.555. The molecule has 1 N–H and O–H groups in total. The minimum atomic E-state index is -0.333. The Balaban J connectivity index is 1.64. The number of hydrogen-bond acceptors (Lipinski definition) is 3. The SMILES string of the molecule is Cc1cc(/C=C2\SC(=Nc3ccc(F)cc3)NC2=O)c(C)n1-c1ccc(Cl)c(Cl)c1. The summed E-state index contributed by atoms with van der Waals surface area (Å²) in [5.41, 5.74) is 4.35. The van der Waals surface area contributed by atoms with Crippen LogP contribution in [-0.4, -0.2) is 15.6 Å². The summed E-state index contributed by atoms with van der Waals surface area (Å²) in [5, 5.41) is 4.18. The van der Waals surface area contributed by atoms with Gasteiger partial charge in [-0.25, -0.2) is 9.38 Å². The van der Waals surface area contributed by atoms with Crippen LogP contribution in [0.3, 0.4) is 0 Å². The number of halogens is 3. The van der Waals surface area contributed by atoms with E-state index >= 15 is 0 Å². The van der Waals surface area contributed by atoms with Gasteiger partial charge in [0.15, 0.2) is 5.17 Å². The van der Waals surface area contributed by atoms with E-state index in [9.17, 15) is 9.18 Å². The smallest absolute Gasteiger partial charge is 0.264 e. The van der Waals surface area contributed by atoms with Crippen molar-refractivity contribution in [1.29, 1.82) is 0 Å². The van der Waals surface area contributed by atoms with E-state index in [-0.39, 0.29) is 11.7 Å². The van der Waals surface area contributed by atoms with Crippen molar-refractivity contribution in [3.05, 3.63) is 86.2 Å². The first-order valence-corrected chi connectivity index (χ1v) is 10.6. The van der Waals surface area contributed by atoms with Gasteiger partial charge in [0.2, 0.25) is 0 Å². The van der Waals surface area contributed by atoms with Gasteiger partial charge in [-0.1, -0.05) is 23.2 Å². The van der Waals surface area contributed by atoms with Gasteiger partial charge in [-0.2, -0.15) is 0 Å². The summed E-state index contributed by atoms with van der Waals surface area (Å²) in [4.78, 5) is 17.3. The second kappa shape index (κ2) is 8.30. The minimum absolute atomic E-state index is 0.222. The van der Waals surface area contributed by atoms with Crippen LogP contribution in [0.15, 0.2) is 58.4 Å². The third-order valence-electron chi connectivity index (χ3n) is 4.63. The predicted molar refractivity (Wildman–Crippen MR) is 122 cm³/mol. The molecule has 0 spiro atoms. The van der Waals surface area contributed by atoms with Crippen LogP contribution in [0.2, 0.25) is 10.0 Å². The normalized spacial score (nSPS) is 16.5. The number of nitrogens with zero attached hydrogens (tertiary/aromatic N) is 2. The Bertz CT molecular complexity index is 1220. The second-order valence-electron chi connectivity index (χ2n) is 6.72. The molecule has 1 amide bonds. The molecule has 0 radical (unpaired) electrons. The lowest BCUT2D eigenvalue weighted by Crippen LogP contribution is -2.19. The second-order valence-corrected chi connectivity index (χ2v) is 8.56. The summed E-state index contributed by atoms with van der Waals surface area (Å²) >= 11 is 13.5. The van der Waals surface area contributed by atoms with Crippen LogP contribution in [0.25, 0.3) is 11.8 Å². The highest BCUT2D eigenvalue weighted by Crippen LogP contribution is 2.32. The Labute approximate surface area is 187 Å². The standard InChI is InChI=1S/C22H16Cl2FN3OS/c1-12-9-14(13(2)28(12)17-7-8-18(23)19(24)11-17)10-20-21(29)27-22(30-20)26-16-5-3-15(25)4-6-16/h3-11H,1-2H3,(H,26,27,29)/b20-10-. The van der Waals surface area contributed by atoms with Crippen molar-refractivity contribution < 1.29 is 9.18 Å². The van der Waals surface area contributed by atoms with Crippen LogP contribution in [0.5, 0.6) is 0 Å². The summed E-state index contributed by atoms with van der Waals surface area (Å²) < 4.78 is 15.1. The van der Waals surface area contributed by atoms with Crippen molar-refractivity contribution in [2.24, 2.45) is 4.99 Å². The van der Waals surface area contributed by atoms with Crippen molar-refractivity contribution >= 4 is 57.8 Å². The zero-order chi connectivity index (χ0) is 21.4. The van der Waals surface area contributed by atoms with Gasteiger partial charge in [0.05, 0.1) is 20.6 Å². The van der Waals surface area contributed by atoms with Gasteiger partial charge in [0, 0.05) is 17.1 Å². The third-order valence-corrected chi connectivity index (χ3v) is 6.28. The van der Waals surface area contributed by atoms with Gasteiger partial charge in [0.1, 0.15) is 5.82 Å². The van der Waals surface area contributed by atoms with E-state index < -0.39 is 0 Å². The molecule has 3 aromatic rings. The number of aliphatic imine (C=N–C) groups is 1. The number of aromatic nitrogens is 1. The zero-order valence-corrected chi connectivity index (χ0v) is 18.4. The first-order valence-electron chi connectivity index (χ1n) is 9.01. The molecular formula is C22H16Cl2FN3OS. The molecule has 2 aromatic carbocycles. The molecule has 0 bridgehead atoms.